The first-order valence-electron chi connectivity index (χ1n) is 5.95. The Morgan fingerprint density at radius 3 is 2.53 bits per heavy atom. The van der Waals surface area contributed by atoms with E-state index in [0.717, 1.165) is 25.3 Å². The standard InChI is InChI=1S/C14H22ClNO/c1-14(2,3)7-8-16-10-11-5-6-13(17-4)12(15)9-11/h5-6,9,16H,7-8,10H2,1-4H3. The SMILES string of the molecule is COc1ccc(CNCCC(C)(C)C)cc1Cl. The van der Waals surface area contributed by atoms with E-state index in [0.29, 0.717) is 10.4 Å². The first-order chi connectivity index (χ1) is 7.92. The van der Waals surface area contributed by atoms with Crippen LogP contribution < -0.4 is 10.1 Å². The molecule has 0 unspecified atom stereocenters. The highest BCUT2D eigenvalue weighted by Gasteiger charge is 2.08. The highest BCUT2D eigenvalue weighted by Crippen LogP contribution is 2.24. The van der Waals surface area contributed by atoms with Crippen molar-refractivity contribution in [2.75, 3.05) is 13.7 Å². The Bertz CT molecular complexity index is 358. The van der Waals surface area contributed by atoms with E-state index >= 15 is 0 Å². The zero-order valence-corrected chi connectivity index (χ0v) is 11.9. The van der Waals surface area contributed by atoms with E-state index in [1.807, 2.05) is 18.2 Å². The van der Waals surface area contributed by atoms with Crippen molar-refractivity contribution in [3.05, 3.63) is 28.8 Å². The average Bonchev–Trinajstić information content (AvgIpc) is 2.23. The Morgan fingerprint density at radius 2 is 2.00 bits per heavy atom. The van der Waals surface area contributed by atoms with Crippen LogP contribution in [0.15, 0.2) is 18.2 Å². The quantitative estimate of drug-likeness (QED) is 0.807. The molecule has 17 heavy (non-hydrogen) atoms. The summed E-state index contributed by atoms with van der Waals surface area (Å²) in [6, 6.07) is 5.89. The zero-order chi connectivity index (χ0) is 12.9. The lowest BCUT2D eigenvalue weighted by Crippen LogP contribution is -2.20. The molecule has 0 amide bonds. The van der Waals surface area contributed by atoms with Crippen LogP contribution in [0.25, 0.3) is 0 Å². The van der Waals surface area contributed by atoms with Gasteiger partial charge in [-0.15, -0.1) is 0 Å². The minimum Gasteiger partial charge on any atom is -0.495 e. The molecule has 0 saturated carbocycles. The molecular formula is C14H22ClNO. The minimum atomic E-state index is 0.380. The molecule has 1 rings (SSSR count). The summed E-state index contributed by atoms with van der Waals surface area (Å²) in [6.45, 7) is 8.61. The third kappa shape index (κ3) is 5.42. The van der Waals surface area contributed by atoms with Gasteiger partial charge in [0.2, 0.25) is 0 Å². The van der Waals surface area contributed by atoms with Crippen LogP contribution in [0.5, 0.6) is 5.75 Å². The molecule has 0 fully saturated rings. The summed E-state index contributed by atoms with van der Waals surface area (Å²) in [5.74, 6) is 0.727. The van der Waals surface area contributed by atoms with Crippen LogP contribution in [0, 0.1) is 5.41 Å². The molecule has 0 bridgehead atoms. The van der Waals surface area contributed by atoms with Crippen LogP contribution in [-0.4, -0.2) is 13.7 Å². The lowest BCUT2D eigenvalue weighted by molar-refractivity contribution is 0.366. The van der Waals surface area contributed by atoms with Gasteiger partial charge in [0.15, 0.2) is 0 Å². The van der Waals surface area contributed by atoms with Gasteiger partial charge >= 0.3 is 0 Å². The molecular weight excluding hydrogens is 234 g/mol. The van der Waals surface area contributed by atoms with E-state index in [2.05, 4.69) is 26.1 Å². The number of ether oxygens (including phenoxy) is 1. The van der Waals surface area contributed by atoms with Gasteiger partial charge in [0.25, 0.3) is 0 Å². The van der Waals surface area contributed by atoms with Gasteiger partial charge in [0.05, 0.1) is 12.1 Å². The van der Waals surface area contributed by atoms with Crippen molar-refractivity contribution in [1.82, 2.24) is 5.32 Å². The highest BCUT2D eigenvalue weighted by atomic mass is 35.5. The summed E-state index contributed by atoms with van der Waals surface area (Å²) in [5.41, 5.74) is 1.56. The van der Waals surface area contributed by atoms with Crippen LogP contribution in [0.1, 0.15) is 32.8 Å². The summed E-state index contributed by atoms with van der Waals surface area (Å²) in [5, 5.41) is 4.09. The number of methoxy groups -OCH3 is 1. The maximum Gasteiger partial charge on any atom is 0.137 e. The molecule has 0 saturated heterocycles. The van der Waals surface area contributed by atoms with E-state index in [1.54, 1.807) is 7.11 Å². The molecule has 0 aliphatic rings. The van der Waals surface area contributed by atoms with Gasteiger partial charge in [-0.05, 0) is 36.1 Å². The van der Waals surface area contributed by atoms with E-state index in [4.69, 9.17) is 16.3 Å². The Labute approximate surface area is 109 Å². The van der Waals surface area contributed by atoms with Gasteiger partial charge in [-0.1, -0.05) is 38.4 Å². The van der Waals surface area contributed by atoms with Gasteiger partial charge < -0.3 is 10.1 Å². The third-order valence-electron chi connectivity index (χ3n) is 2.60. The van der Waals surface area contributed by atoms with Crippen molar-refractivity contribution in [2.24, 2.45) is 5.41 Å². The molecule has 0 spiro atoms. The van der Waals surface area contributed by atoms with E-state index in [-0.39, 0.29) is 0 Å². The topological polar surface area (TPSA) is 21.3 Å². The molecule has 0 atom stereocenters. The van der Waals surface area contributed by atoms with Crippen molar-refractivity contribution in [1.29, 1.82) is 0 Å². The molecule has 96 valence electrons. The molecule has 2 nitrogen and oxygen atoms in total. The maximum atomic E-state index is 6.06. The Hall–Kier alpha value is -0.730. The second-order valence-corrected chi connectivity index (χ2v) is 5.86. The Kier molecular flexibility index (Phi) is 5.29. The number of halogens is 1. The van der Waals surface area contributed by atoms with E-state index in [9.17, 15) is 0 Å². The summed E-state index contributed by atoms with van der Waals surface area (Å²) < 4.78 is 5.12. The molecule has 0 aliphatic heterocycles. The van der Waals surface area contributed by atoms with Gasteiger partial charge in [0.1, 0.15) is 5.75 Å². The van der Waals surface area contributed by atoms with E-state index in [1.165, 1.54) is 5.56 Å². The number of rotatable bonds is 5. The van der Waals surface area contributed by atoms with E-state index < -0.39 is 0 Å². The largest absolute Gasteiger partial charge is 0.495 e. The molecule has 0 radical (unpaired) electrons. The molecule has 1 N–H and O–H groups in total. The molecule has 3 heteroatoms. The number of hydrogen-bond donors (Lipinski definition) is 1. The number of benzene rings is 1. The van der Waals surface area contributed by atoms with Gasteiger partial charge in [-0.25, -0.2) is 0 Å². The Morgan fingerprint density at radius 1 is 1.29 bits per heavy atom. The van der Waals surface area contributed by atoms with Gasteiger partial charge in [0, 0.05) is 6.54 Å². The summed E-state index contributed by atoms with van der Waals surface area (Å²) in [7, 11) is 1.63. The average molecular weight is 256 g/mol. The van der Waals surface area contributed by atoms with Gasteiger partial charge in [-0.2, -0.15) is 0 Å². The summed E-state index contributed by atoms with van der Waals surface area (Å²) in [6.07, 6.45) is 1.16. The molecule has 1 aromatic carbocycles. The normalized spacial score (nSPS) is 11.6. The second kappa shape index (κ2) is 6.27. The van der Waals surface area contributed by atoms with Crippen LogP contribution in [0.4, 0.5) is 0 Å². The lowest BCUT2D eigenvalue weighted by atomic mass is 9.92. The monoisotopic (exact) mass is 255 g/mol. The van der Waals surface area contributed by atoms with Crippen molar-refractivity contribution >= 4 is 11.6 Å². The van der Waals surface area contributed by atoms with Crippen molar-refractivity contribution in [3.63, 3.8) is 0 Å². The van der Waals surface area contributed by atoms with Crippen molar-refractivity contribution in [2.45, 2.75) is 33.7 Å². The molecule has 0 heterocycles. The summed E-state index contributed by atoms with van der Waals surface area (Å²) >= 11 is 6.06. The smallest absolute Gasteiger partial charge is 0.137 e. The first kappa shape index (κ1) is 14.3. The molecule has 0 aromatic heterocycles. The lowest BCUT2D eigenvalue weighted by Gasteiger charge is -2.18. The zero-order valence-electron chi connectivity index (χ0n) is 11.1. The number of nitrogens with one attached hydrogen (secondary N) is 1. The van der Waals surface area contributed by atoms with Crippen LogP contribution in [-0.2, 0) is 6.54 Å². The van der Waals surface area contributed by atoms with Gasteiger partial charge in [-0.3, -0.25) is 0 Å². The van der Waals surface area contributed by atoms with Crippen molar-refractivity contribution < 1.29 is 4.74 Å². The second-order valence-electron chi connectivity index (χ2n) is 5.46. The fraction of sp³-hybridized carbons (Fsp3) is 0.571. The Balaban J connectivity index is 2.40. The summed E-state index contributed by atoms with van der Waals surface area (Å²) in [4.78, 5) is 0. The first-order valence-corrected chi connectivity index (χ1v) is 6.33. The third-order valence-corrected chi connectivity index (χ3v) is 2.89. The van der Waals surface area contributed by atoms with Crippen molar-refractivity contribution in [3.8, 4) is 5.75 Å². The van der Waals surface area contributed by atoms with Crippen LogP contribution >= 0.6 is 11.6 Å². The predicted octanol–water partition coefficient (Wildman–Crippen LogP) is 3.87. The fourth-order valence-electron chi connectivity index (χ4n) is 1.52. The van der Waals surface area contributed by atoms with Crippen LogP contribution in [0.3, 0.4) is 0 Å². The highest BCUT2D eigenvalue weighted by molar-refractivity contribution is 6.32. The maximum absolute atomic E-state index is 6.06. The minimum absolute atomic E-state index is 0.380. The molecule has 0 aliphatic carbocycles. The molecule has 1 aromatic rings. The predicted molar refractivity (Wildman–Crippen MR) is 73.8 cm³/mol. The number of hydrogen-bond acceptors (Lipinski definition) is 2. The van der Waals surface area contributed by atoms with Crippen LogP contribution in [0.2, 0.25) is 5.02 Å². The fourth-order valence-corrected chi connectivity index (χ4v) is 1.80.